The standard InChI is InChI=1S/C8H4F3NO3/c9-8(10,11)6-4(2-1-3-12-6)5(13)7(14)15/h1-3H,(H,14,15). The van der Waals surface area contributed by atoms with E-state index in [4.69, 9.17) is 5.11 Å². The predicted octanol–water partition coefficient (Wildman–Crippen LogP) is 1.37. The number of ketones is 1. The number of Topliss-reactive ketones (excluding diaryl/α,β-unsaturated/α-hetero) is 1. The Morgan fingerprint density at radius 2 is 1.93 bits per heavy atom. The summed E-state index contributed by atoms with van der Waals surface area (Å²) in [5.74, 6) is -3.58. The molecule has 0 bridgehead atoms. The van der Waals surface area contributed by atoms with Gasteiger partial charge in [0.05, 0.1) is 5.56 Å². The van der Waals surface area contributed by atoms with E-state index < -0.39 is 29.2 Å². The van der Waals surface area contributed by atoms with Crippen molar-refractivity contribution in [2.75, 3.05) is 0 Å². The van der Waals surface area contributed by atoms with Gasteiger partial charge in [-0.2, -0.15) is 13.2 Å². The van der Waals surface area contributed by atoms with Crippen LogP contribution in [0, 0.1) is 0 Å². The molecule has 1 aromatic rings. The maximum atomic E-state index is 12.3. The van der Waals surface area contributed by atoms with Gasteiger partial charge in [0.25, 0.3) is 5.78 Å². The van der Waals surface area contributed by atoms with Crippen LogP contribution in [-0.2, 0) is 11.0 Å². The molecule has 1 rings (SSSR count). The van der Waals surface area contributed by atoms with Gasteiger partial charge in [0.1, 0.15) is 0 Å². The van der Waals surface area contributed by atoms with Gasteiger partial charge in [-0.05, 0) is 12.1 Å². The monoisotopic (exact) mass is 219 g/mol. The molecular formula is C8H4F3NO3. The van der Waals surface area contributed by atoms with Crippen molar-refractivity contribution in [2.45, 2.75) is 6.18 Å². The number of carbonyl (C=O) groups is 2. The highest BCUT2D eigenvalue weighted by molar-refractivity contribution is 6.40. The number of halogens is 3. The Labute approximate surface area is 81.4 Å². The Kier molecular flexibility index (Phi) is 2.74. The Morgan fingerprint density at radius 3 is 2.40 bits per heavy atom. The minimum absolute atomic E-state index is 0.770. The SMILES string of the molecule is O=C(O)C(=O)c1cccnc1C(F)(F)F. The summed E-state index contributed by atoms with van der Waals surface area (Å²) in [6, 6.07) is 1.83. The van der Waals surface area contributed by atoms with E-state index in [0.717, 1.165) is 18.3 Å². The topological polar surface area (TPSA) is 67.3 Å². The van der Waals surface area contributed by atoms with Crippen LogP contribution < -0.4 is 0 Å². The summed E-state index contributed by atoms with van der Waals surface area (Å²) in [6.07, 6.45) is -4.01. The first-order valence-corrected chi connectivity index (χ1v) is 3.64. The van der Waals surface area contributed by atoms with Crippen LogP contribution in [0.15, 0.2) is 18.3 Å². The number of hydrogen-bond donors (Lipinski definition) is 1. The van der Waals surface area contributed by atoms with Crippen LogP contribution in [0.5, 0.6) is 0 Å². The van der Waals surface area contributed by atoms with Gasteiger partial charge in [-0.1, -0.05) is 0 Å². The molecule has 0 radical (unpaired) electrons. The average Bonchev–Trinajstić information content (AvgIpc) is 2.15. The van der Waals surface area contributed by atoms with Crippen molar-refractivity contribution in [3.8, 4) is 0 Å². The summed E-state index contributed by atoms with van der Waals surface area (Å²) in [4.78, 5) is 24.1. The number of nitrogens with zero attached hydrogens (tertiary/aromatic N) is 1. The van der Waals surface area contributed by atoms with E-state index in [1.165, 1.54) is 0 Å². The van der Waals surface area contributed by atoms with E-state index >= 15 is 0 Å². The lowest BCUT2D eigenvalue weighted by Crippen LogP contribution is -2.20. The summed E-state index contributed by atoms with van der Waals surface area (Å²) in [7, 11) is 0. The lowest BCUT2D eigenvalue weighted by molar-refractivity contribution is -0.141. The Bertz CT molecular complexity index is 414. The average molecular weight is 219 g/mol. The molecule has 7 heteroatoms. The van der Waals surface area contributed by atoms with Gasteiger partial charge in [-0.25, -0.2) is 4.79 Å². The summed E-state index contributed by atoms with van der Waals surface area (Å²) in [5.41, 5.74) is -2.45. The molecule has 80 valence electrons. The molecule has 0 atom stereocenters. The van der Waals surface area contributed by atoms with Crippen LogP contribution >= 0.6 is 0 Å². The first-order chi connectivity index (χ1) is 6.84. The third-order valence-electron chi connectivity index (χ3n) is 1.52. The number of aromatic nitrogens is 1. The van der Waals surface area contributed by atoms with E-state index in [2.05, 4.69) is 4.98 Å². The molecule has 1 N–H and O–H groups in total. The summed E-state index contributed by atoms with van der Waals surface area (Å²) in [5, 5.41) is 8.28. The largest absolute Gasteiger partial charge is 0.475 e. The van der Waals surface area contributed by atoms with Gasteiger partial charge in [0.2, 0.25) is 0 Å². The molecule has 0 aliphatic carbocycles. The molecule has 1 aromatic heterocycles. The second kappa shape index (κ2) is 3.68. The van der Waals surface area contributed by atoms with E-state index in [-0.39, 0.29) is 0 Å². The molecular weight excluding hydrogens is 215 g/mol. The van der Waals surface area contributed by atoms with E-state index in [9.17, 15) is 22.8 Å². The molecule has 0 saturated carbocycles. The van der Waals surface area contributed by atoms with E-state index in [1.54, 1.807) is 0 Å². The fourth-order valence-corrected chi connectivity index (χ4v) is 0.930. The number of pyridine rings is 1. The molecule has 0 spiro atoms. The molecule has 0 saturated heterocycles. The van der Waals surface area contributed by atoms with Gasteiger partial charge >= 0.3 is 12.1 Å². The van der Waals surface area contributed by atoms with E-state index in [0.29, 0.717) is 0 Å². The number of aliphatic carboxylic acids is 1. The highest BCUT2D eigenvalue weighted by atomic mass is 19.4. The second-order valence-electron chi connectivity index (χ2n) is 2.53. The first-order valence-electron chi connectivity index (χ1n) is 3.64. The minimum atomic E-state index is -4.85. The lowest BCUT2D eigenvalue weighted by atomic mass is 10.1. The van der Waals surface area contributed by atoms with Crippen molar-refractivity contribution in [1.82, 2.24) is 4.98 Å². The van der Waals surface area contributed by atoms with Crippen LogP contribution in [0.25, 0.3) is 0 Å². The van der Waals surface area contributed by atoms with E-state index in [1.807, 2.05) is 0 Å². The number of hydrogen-bond acceptors (Lipinski definition) is 3. The number of rotatable bonds is 2. The van der Waals surface area contributed by atoms with Gasteiger partial charge < -0.3 is 5.11 Å². The van der Waals surface area contributed by atoms with Crippen molar-refractivity contribution < 1.29 is 27.9 Å². The highest BCUT2D eigenvalue weighted by Crippen LogP contribution is 2.30. The van der Waals surface area contributed by atoms with Crippen molar-refractivity contribution >= 4 is 11.8 Å². The smallest absolute Gasteiger partial charge is 0.434 e. The molecule has 0 aromatic carbocycles. The molecule has 0 aliphatic heterocycles. The van der Waals surface area contributed by atoms with Crippen molar-refractivity contribution in [2.24, 2.45) is 0 Å². The molecule has 0 fully saturated rings. The molecule has 0 amide bonds. The second-order valence-corrected chi connectivity index (χ2v) is 2.53. The number of carboxylic acid groups (broad SMARTS) is 1. The van der Waals surface area contributed by atoms with Gasteiger partial charge in [0, 0.05) is 6.20 Å². The third-order valence-corrected chi connectivity index (χ3v) is 1.52. The normalized spacial score (nSPS) is 11.1. The van der Waals surface area contributed by atoms with Crippen molar-refractivity contribution in [3.05, 3.63) is 29.6 Å². The van der Waals surface area contributed by atoms with Crippen LogP contribution in [0.3, 0.4) is 0 Å². The molecule has 1 heterocycles. The van der Waals surface area contributed by atoms with Crippen molar-refractivity contribution in [1.29, 1.82) is 0 Å². The maximum Gasteiger partial charge on any atom is 0.434 e. The quantitative estimate of drug-likeness (QED) is 0.602. The zero-order chi connectivity index (χ0) is 11.6. The molecule has 0 aliphatic rings. The summed E-state index contributed by atoms with van der Waals surface area (Å²) >= 11 is 0. The van der Waals surface area contributed by atoms with Crippen LogP contribution in [0.1, 0.15) is 16.1 Å². The number of carboxylic acids is 1. The molecule has 4 nitrogen and oxygen atoms in total. The fraction of sp³-hybridized carbons (Fsp3) is 0.125. The Morgan fingerprint density at radius 1 is 1.33 bits per heavy atom. The summed E-state index contributed by atoms with van der Waals surface area (Å²) < 4.78 is 36.8. The number of alkyl halides is 3. The molecule has 15 heavy (non-hydrogen) atoms. The van der Waals surface area contributed by atoms with Gasteiger partial charge in [-0.3, -0.25) is 9.78 Å². The Balaban J connectivity index is 3.31. The zero-order valence-corrected chi connectivity index (χ0v) is 7.08. The maximum absolute atomic E-state index is 12.3. The first kappa shape index (κ1) is 11.2. The highest BCUT2D eigenvalue weighted by Gasteiger charge is 2.38. The number of carbonyl (C=O) groups excluding carboxylic acids is 1. The van der Waals surface area contributed by atoms with Crippen LogP contribution in [0.2, 0.25) is 0 Å². The predicted molar refractivity (Wildman–Crippen MR) is 41.2 cm³/mol. The zero-order valence-electron chi connectivity index (χ0n) is 7.08. The lowest BCUT2D eigenvalue weighted by Gasteiger charge is -2.08. The third kappa shape index (κ3) is 2.30. The van der Waals surface area contributed by atoms with Gasteiger partial charge in [-0.15, -0.1) is 0 Å². The molecule has 0 unspecified atom stereocenters. The van der Waals surface area contributed by atoms with Gasteiger partial charge in [0.15, 0.2) is 5.69 Å². The fourth-order valence-electron chi connectivity index (χ4n) is 0.930. The minimum Gasteiger partial charge on any atom is -0.475 e. The Hall–Kier alpha value is -1.92. The van der Waals surface area contributed by atoms with Crippen LogP contribution in [-0.4, -0.2) is 21.8 Å². The van der Waals surface area contributed by atoms with Crippen LogP contribution in [0.4, 0.5) is 13.2 Å². The van der Waals surface area contributed by atoms with Crippen molar-refractivity contribution in [3.63, 3.8) is 0 Å². The summed E-state index contributed by atoms with van der Waals surface area (Å²) in [6.45, 7) is 0.